The van der Waals surface area contributed by atoms with Gasteiger partial charge >= 0.3 is 0 Å². The number of nitrogens with one attached hydrogen (secondary N) is 1. The predicted octanol–water partition coefficient (Wildman–Crippen LogP) is 2.39. The van der Waals surface area contributed by atoms with Crippen LogP contribution in [-0.4, -0.2) is 21.6 Å². The minimum Gasteiger partial charge on any atom is -0.383 e. The molecule has 6 nitrogen and oxygen atoms in total. The highest BCUT2D eigenvalue weighted by Gasteiger charge is 2.18. The lowest BCUT2D eigenvalue weighted by molar-refractivity contribution is -0.119. The Hall–Kier alpha value is -2.35. The van der Waals surface area contributed by atoms with Crippen molar-refractivity contribution < 1.29 is 9.18 Å². The first-order valence-corrected chi connectivity index (χ1v) is 8.41. The molecule has 1 heterocycles. The average Bonchev–Trinajstić information content (AvgIpc) is 2.50. The molecular weight excluding hydrogens is 329 g/mol. The zero-order chi connectivity index (χ0) is 17.7. The zero-order valence-electron chi connectivity index (χ0n) is 13.5. The van der Waals surface area contributed by atoms with E-state index in [0.717, 1.165) is 17.3 Å². The number of nitrogens with two attached hydrogens (primary N) is 2. The van der Waals surface area contributed by atoms with Gasteiger partial charge in [-0.05, 0) is 23.6 Å². The minimum absolute atomic E-state index is 0.132. The summed E-state index contributed by atoms with van der Waals surface area (Å²) in [5.41, 5.74) is 12.1. The van der Waals surface area contributed by atoms with Gasteiger partial charge in [0.2, 0.25) is 5.91 Å². The van der Waals surface area contributed by atoms with Gasteiger partial charge < -0.3 is 16.8 Å². The smallest absolute Gasteiger partial charge is 0.230 e. The summed E-state index contributed by atoms with van der Waals surface area (Å²) in [5.74, 6) is 0.331. The third kappa shape index (κ3) is 5.09. The van der Waals surface area contributed by atoms with Gasteiger partial charge in [-0.15, -0.1) is 0 Å². The van der Waals surface area contributed by atoms with Crippen molar-refractivity contribution in [1.82, 2.24) is 15.3 Å². The summed E-state index contributed by atoms with van der Waals surface area (Å²) in [5, 5.41) is 3.30. The summed E-state index contributed by atoms with van der Waals surface area (Å²) in [6.45, 7) is 3.98. The number of anilines is 2. The maximum atomic E-state index is 13.1. The molecule has 128 valence electrons. The van der Waals surface area contributed by atoms with Crippen LogP contribution in [0.4, 0.5) is 16.0 Å². The van der Waals surface area contributed by atoms with E-state index in [-0.39, 0.29) is 41.1 Å². The summed E-state index contributed by atoms with van der Waals surface area (Å²) in [6.07, 6.45) is 0. The van der Waals surface area contributed by atoms with Crippen LogP contribution in [0.3, 0.4) is 0 Å². The van der Waals surface area contributed by atoms with E-state index in [1.807, 2.05) is 13.8 Å². The van der Waals surface area contributed by atoms with Crippen molar-refractivity contribution in [2.75, 3.05) is 17.2 Å². The fourth-order valence-electron chi connectivity index (χ4n) is 2.18. The van der Waals surface area contributed by atoms with Crippen molar-refractivity contribution >= 4 is 29.3 Å². The maximum Gasteiger partial charge on any atom is 0.230 e. The standard InChI is InChI=1S/C16H20FN5OS/c1-9(2)15(10-3-5-11(17)6-4-10)22-14(23)8-24-16-20-12(18)7-13(19)21-16/h3-7,9,15H,8H2,1-2H3,(H,22,23)(H4,18,19,20,21)/t15-/m1/s1. The van der Waals surface area contributed by atoms with Crippen LogP contribution in [0.15, 0.2) is 35.5 Å². The molecule has 0 fully saturated rings. The number of carbonyl (C=O) groups is 1. The summed E-state index contributed by atoms with van der Waals surface area (Å²) >= 11 is 1.15. The van der Waals surface area contributed by atoms with Crippen LogP contribution < -0.4 is 16.8 Å². The van der Waals surface area contributed by atoms with E-state index in [2.05, 4.69) is 15.3 Å². The molecule has 0 saturated carbocycles. The molecule has 0 unspecified atom stereocenters. The van der Waals surface area contributed by atoms with E-state index in [9.17, 15) is 9.18 Å². The van der Waals surface area contributed by atoms with Gasteiger partial charge in [0.15, 0.2) is 5.16 Å². The van der Waals surface area contributed by atoms with Crippen molar-refractivity contribution in [3.05, 3.63) is 41.7 Å². The van der Waals surface area contributed by atoms with E-state index in [1.165, 1.54) is 18.2 Å². The van der Waals surface area contributed by atoms with E-state index in [0.29, 0.717) is 5.16 Å². The fourth-order valence-corrected chi connectivity index (χ4v) is 2.86. The van der Waals surface area contributed by atoms with Crippen LogP contribution in [0.25, 0.3) is 0 Å². The van der Waals surface area contributed by atoms with Gasteiger partial charge in [0.1, 0.15) is 17.5 Å². The number of halogens is 1. The molecule has 24 heavy (non-hydrogen) atoms. The van der Waals surface area contributed by atoms with Gasteiger partial charge in [0, 0.05) is 6.07 Å². The fraction of sp³-hybridized carbons (Fsp3) is 0.312. The monoisotopic (exact) mass is 349 g/mol. The van der Waals surface area contributed by atoms with Gasteiger partial charge in [-0.2, -0.15) is 0 Å². The molecule has 0 saturated heterocycles. The molecule has 0 aliphatic heterocycles. The Morgan fingerprint density at radius 2 is 1.79 bits per heavy atom. The van der Waals surface area contributed by atoms with Crippen LogP contribution in [0, 0.1) is 11.7 Å². The molecule has 0 radical (unpaired) electrons. The van der Waals surface area contributed by atoms with Gasteiger partial charge in [-0.25, -0.2) is 14.4 Å². The number of thioether (sulfide) groups is 1. The molecule has 5 N–H and O–H groups in total. The normalized spacial score (nSPS) is 12.2. The van der Waals surface area contributed by atoms with Crippen molar-refractivity contribution in [1.29, 1.82) is 0 Å². The van der Waals surface area contributed by atoms with Gasteiger partial charge in [0.25, 0.3) is 0 Å². The quantitative estimate of drug-likeness (QED) is 0.546. The van der Waals surface area contributed by atoms with Gasteiger partial charge in [-0.1, -0.05) is 37.7 Å². The molecule has 8 heteroatoms. The summed E-state index contributed by atoms with van der Waals surface area (Å²) < 4.78 is 13.1. The largest absolute Gasteiger partial charge is 0.383 e. The third-order valence-corrected chi connectivity index (χ3v) is 4.14. The summed E-state index contributed by atoms with van der Waals surface area (Å²) in [4.78, 5) is 20.2. The highest BCUT2D eigenvalue weighted by Crippen LogP contribution is 2.23. The second-order valence-electron chi connectivity index (χ2n) is 5.63. The van der Waals surface area contributed by atoms with Crippen LogP contribution in [-0.2, 0) is 4.79 Å². The molecule has 1 amide bonds. The van der Waals surface area contributed by atoms with E-state index < -0.39 is 0 Å². The molecule has 0 spiro atoms. The Morgan fingerprint density at radius 3 is 2.33 bits per heavy atom. The van der Waals surface area contributed by atoms with Crippen molar-refractivity contribution in [2.24, 2.45) is 5.92 Å². The molecular formula is C16H20FN5OS. The molecule has 1 aromatic carbocycles. The van der Waals surface area contributed by atoms with Gasteiger partial charge in [0.05, 0.1) is 11.8 Å². The van der Waals surface area contributed by atoms with Crippen molar-refractivity contribution in [3.63, 3.8) is 0 Å². The Kier molecular flexibility index (Phi) is 5.97. The number of hydrogen-bond donors (Lipinski definition) is 3. The first-order valence-electron chi connectivity index (χ1n) is 7.43. The van der Waals surface area contributed by atoms with Crippen molar-refractivity contribution in [3.8, 4) is 0 Å². The lowest BCUT2D eigenvalue weighted by Gasteiger charge is -2.23. The molecule has 1 atom stereocenters. The number of aromatic nitrogens is 2. The lowest BCUT2D eigenvalue weighted by Crippen LogP contribution is -2.33. The topological polar surface area (TPSA) is 107 Å². The SMILES string of the molecule is CC(C)[C@@H](NC(=O)CSc1nc(N)cc(N)n1)c1ccc(F)cc1. The number of benzene rings is 1. The second-order valence-corrected chi connectivity index (χ2v) is 6.57. The van der Waals surface area contributed by atoms with E-state index >= 15 is 0 Å². The second kappa shape index (κ2) is 7.96. The summed E-state index contributed by atoms with van der Waals surface area (Å²) in [6, 6.07) is 7.37. The summed E-state index contributed by atoms with van der Waals surface area (Å²) in [7, 11) is 0. The number of rotatable bonds is 6. The van der Waals surface area contributed by atoms with Crippen LogP contribution in [0.1, 0.15) is 25.5 Å². The minimum atomic E-state index is -0.306. The molecule has 2 aromatic rings. The first-order chi connectivity index (χ1) is 11.3. The van der Waals surface area contributed by atoms with Crippen molar-refractivity contribution in [2.45, 2.75) is 25.0 Å². The number of nitrogens with zero attached hydrogens (tertiary/aromatic N) is 2. The Labute approximate surface area is 144 Å². The molecule has 1 aromatic heterocycles. The lowest BCUT2D eigenvalue weighted by atomic mass is 9.96. The Balaban J connectivity index is 1.99. The van der Waals surface area contributed by atoms with Gasteiger partial charge in [-0.3, -0.25) is 4.79 Å². The number of amides is 1. The highest BCUT2D eigenvalue weighted by molar-refractivity contribution is 7.99. The van der Waals surface area contributed by atoms with Crippen LogP contribution in [0.2, 0.25) is 0 Å². The Bertz CT molecular complexity index is 688. The average molecular weight is 349 g/mol. The zero-order valence-corrected chi connectivity index (χ0v) is 14.3. The van der Waals surface area contributed by atoms with E-state index in [4.69, 9.17) is 11.5 Å². The Morgan fingerprint density at radius 1 is 1.21 bits per heavy atom. The molecule has 0 aliphatic carbocycles. The molecule has 0 bridgehead atoms. The molecule has 0 aliphatic rings. The first kappa shape index (κ1) is 18.0. The third-order valence-electron chi connectivity index (χ3n) is 3.29. The van der Waals surface area contributed by atoms with E-state index in [1.54, 1.807) is 12.1 Å². The number of hydrogen-bond acceptors (Lipinski definition) is 6. The van der Waals surface area contributed by atoms with Crippen LogP contribution >= 0.6 is 11.8 Å². The van der Waals surface area contributed by atoms with Crippen LogP contribution in [0.5, 0.6) is 0 Å². The number of carbonyl (C=O) groups excluding carboxylic acids is 1. The molecule has 2 rings (SSSR count). The predicted molar refractivity (Wildman–Crippen MR) is 93.7 cm³/mol. The maximum absolute atomic E-state index is 13.1. The highest BCUT2D eigenvalue weighted by atomic mass is 32.2. The number of nitrogen functional groups attached to an aromatic ring is 2.